The van der Waals surface area contributed by atoms with Gasteiger partial charge in [0, 0.05) is 0 Å². The van der Waals surface area contributed by atoms with E-state index in [-0.39, 0.29) is 0 Å². The zero-order valence-electron chi connectivity index (χ0n) is 15.3. The molecule has 9 nitrogen and oxygen atoms in total. The number of benzene rings is 2. The van der Waals surface area contributed by atoms with Gasteiger partial charge in [-0.25, -0.2) is 4.79 Å². The summed E-state index contributed by atoms with van der Waals surface area (Å²) < 4.78 is 16.1. The highest BCUT2D eigenvalue weighted by atomic mass is 16.7. The van der Waals surface area contributed by atoms with E-state index in [0.717, 1.165) is 11.1 Å². The topological polar surface area (TPSA) is 146 Å². The summed E-state index contributed by atoms with van der Waals surface area (Å²) in [6.07, 6.45) is -6.80. The molecule has 1 aliphatic heterocycles. The van der Waals surface area contributed by atoms with Crippen LogP contribution in [-0.2, 0) is 9.53 Å². The highest BCUT2D eigenvalue weighted by Gasteiger charge is 2.44. The van der Waals surface area contributed by atoms with Crippen LogP contribution in [0.4, 0.5) is 0 Å². The third-order valence-corrected chi connectivity index (χ3v) is 4.48. The summed E-state index contributed by atoms with van der Waals surface area (Å²) in [6, 6.07) is 13.7. The molecule has 5 N–H and O–H groups in total. The number of rotatable bonds is 7. The van der Waals surface area contributed by atoms with Crippen LogP contribution in [0.3, 0.4) is 0 Å². The van der Waals surface area contributed by atoms with Gasteiger partial charge in [0.05, 0.1) is 6.61 Å². The van der Waals surface area contributed by atoms with Gasteiger partial charge in [-0.3, -0.25) is 0 Å². The predicted molar refractivity (Wildman–Crippen MR) is 99.4 cm³/mol. The largest absolute Gasteiger partial charge is 0.482 e. The molecule has 0 saturated carbocycles. The fraction of sp³-hybridized carbons (Fsp3) is 0.350. The van der Waals surface area contributed by atoms with E-state index >= 15 is 0 Å². The van der Waals surface area contributed by atoms with Crippen LogP contribution in [0.1, 0.15) is 0 Å². The average Bonchev–Trinajstić information content (AvgIpc) is 2.73. The van der Waals surface area contributed by atoms with Gasteiger partial charge in [-0.05, 0) is 35.4 Å². The van der Waals surface area contributed by atoms with Gasteiger partial charge < -0.3 is 39.7 Å². The fourth-order valence-corrected chi connectivity index (χ4v) is 2.94. The lowest BCUT2D eigenvalue weighted by Gasteiger charge is -2.39. The van der Waals surface area contributed by atoms with Crippen molar-refractivity contribution in [3.8, 4) is 22.6 Å². The molecule has 1 saturated heterocycles. The molecule has 1 heterocycles. The Kier molecular flexibility index (Phi) is 6.68. The first kappa shape index (κ1) is 21.0. The quantitative estimate of drug-likeness (QED) is 0.429. The Morgan fingerprint density at radius 3 is 2.31 bits per heavy atom. The fourth-order valence-electron chi connectivity index (χ4n) is 2.94. The summed E-state index contributed by atoms with van der Waals surface area (Å²) in [5.74, 6) is -0.296. The highest BCUT2D eigenvalue weighted by Crippen LogP contribution is 2.29. The van der Waals surface area contributed by atoms with Crippen molar-refractivity contribution in [1.29, 1.82) is 0 Å². The molecule has 0 radical (unpaired) electrons. The molecule has 0 aliphatic carbocycles. The van der Waals surface area contributed by atoms with Crippen LogP contribution in [0.25, 0.3) is 11.1 Å². The summed E-state index contributed by atoms with van der Waals surface area (Å²) in [5, 5.41) is 47.7. The molecular formula is C20H22O9. The molecule has 9 heteroatoms. The second-order valence-corrected chi connectivity index (χ2v) is 6.55. The first-order chi connectivity index (χ1) is 13.9. The number of aliphatic carboxylic acids is 1. The molecular weight excluding hydrogens is 384 g/mol. The maximum Gasteiger partial charge on any atom is 0.341 e. The van der Waals surface area contributed by atoms with Crippen LogP contribution in [0.2, 0.25) is 0 Å². The van der Waals surface area contributed by atoms with Crippen molar-refractivity contribution in [1.82, 2.24) is 0 Å². The lowest BCUT2D eigenvalue weighted by molar-refractivity contribution is -0.277. The third-order valence-electron chi connectivity index (χ3n) is 4.48. The third kappa shape index (κ3) is 5.03. The molecule has 156 valence electrons. The van der Waals surface area contributed by atoms with Gasteiger partial charge in [0.1, 0.15) is 35.9 Å². The Bertz CT molecular complexity index is 821. The summed E-state index contributed by atoms with van der Waals surface area (Å²) in [7, 11) is 0. The average molecular weight is 406 g/mol. The second kappa shape index (κ2) is 9.21. The molecule has 1 fully saturated rings. The maximum absolute atomic E-state index is 10.6. The van der Waals surface area contributed by atoms with Crippen molar-refractivity contribution in [2.24, 2.45) is 0 Å². The van der Waals surface area contributed by atoms with E-state index in [0.29, 0.717) is 11.5 Å². The minimum Gasteiger partial charge on any atom is -0.482 e. The van der Waals surface area contributed by atoms with Crippen molar-refractivity contribution in [2.75, 3.05) is 13.2 Å². The standard InChI is InChI=1S/C20H22O9/c21-9-15-17(24)18(25)19(26)20(29-15)28-14-3-1-2-12(8-14)11-4-6-13(7-5-11)27-10-16(22)23/h1-8,15,17-21,24-26H,9-10H2,(H,22,23). The molecule has 5 atom stereocenters. The van der Waals surface area contributed by atoms with E-state index in [1.54, 1.807) is 42.5 Å². The smallest absolute Gasteiger partial charge is 0.341 e. The van der Waals surface area contributed by atoms with Crippen LogP contribution >= 0.6 is 0 Å². The SMILES string of the molecule is O=C(O)COc1ccc(-c2cccc(OC3OC(CO)C(O)C(O)C3O)c2)cc1. The van der Waals surface area contributed by atoms with E-state index in [1.165, 1.54) is 0 Å². The second-order valence-electron chi connectivity index (χ2n) is 6.55. The molecule has 2 aromatic carbocycles. The number of aliphatic hydroxyl groups is 4. The lowest BCUT2D eigenvalue weighted by atomic mass is 9.99. The van der Waals surface area contributed by atoms with Crippen LogP contribution in [0.5, 0.6) is 11.5 Å². The van der Waals surface area contributed by atoms with Crippen molar-refractivity contribution < 1.29 is 44.5 Å². The number of ether oxygens (including phenoxy) is 3. The highest BCUT2D eigenvalue weighted by molar-refractivity contribution is 5.69. The molecule has 2 aromatic rings. The predicted octanol–water partition coefficient (Wildman–Crippen LogP) is -0.00430. The lowest BCUT2D eigenvalue weighted by Crippen LogP contribution is -2.60. The summed E-state index contributed by atoms with van der Waals surface area (Å²) in [4.78, 5) is 10.6. The van der Waals surface area contributed by atoms with Gasteiger partial charge in [-0.15, -0.1) is 0 Å². The Balaban J connectivity index is 1.72. The Morgan fingerprint density at radius 2 is 1.66 bits per heavy atom. The maximum atomic E-state index is 10.6. The molecule has 5 unspecified atom stereocenters. The van der Waals surface area contributed by atoms with Crippen molar-refractivity contribution in [3.63, 3.8) is 0 Å². The molecule has 29 heavy (non-hydrogen) atoms. The Labute approximate surface area is 166 Å². The number of carboxylic acids is 1. The van der Waals surface area contributed by atoms with Crippen LogP contribution in [-0.4, -0.2) is 75.4 Å². The molecule has 0 aromatic heterocycles. The zero-order valence-corrected chi connectivity index (χ0v) is 15.3. The van der Waals surface area contributed by atoms with Crippen molar-refractivity contribution in [2.45, 2.75) is 30.7 Å². The summed E-state index contributed by atoms with van der Waals surface area (Å²) in [6.45, 7) is -0.969. The Morgan fingerprint density at radius 1 is 0.931 bits per heavy atom. The number of hydrogen-bond acceptors (Lipinski definition) is 8. The molecule has 0 spiro atoms. The van der Waals surface area contributed by atoms with Gasteiger partial charge in [-0.2, -0.15) is 0 Å². The summed E-state index contributed by atoms with van der Waals surface area (Å²) >= 11 is 0. The van der Waals surface area contributed by atoms with Crippen LogP contribution < -0.4 is 9.47 Å². The molecule has 0 amide bonds. The number of carboxylic acid groups (broad SMARTS) is 1. The zero-order chi connectivity index (χ0) is 21.0. The normalized spacial score (nSPS) is 26.7. The first-order valence-electron chi connectivity index (χ1n) is 8.91. The van der Waals surface area contributed by atoms with Gasteiger partial charge in [-0.1, -0.05) is 24.3 Å². The Hall–Kier alpha value is -2.69. The number of aliphatic hydroxyl groups excluding tert-OH is 4. The van der Waals surface area contributed by atoms with Crippen molar-refractivity contribution in [3.05, 3.63) is 48.5 Å². The minimum absolute atomic E-state index is 0.345. The van der Waals surface area contributed by atoms with E-state index < -0.39 is 49.9 Å². The van der Waals surface area contributed by atoms with E-state index in [4.69, 9.17) is 19.3 Å². The van der Waals surface area contributed by atoms with Crippen LogP contribution in [0, 0.1) is 0 Å². The summed E-state index contributed by atoms with van der Waals surface area (Å²) in [5.41, 5.74) is 1.59. The molecule has 0 bridgehead atoms. The molecule has 3 rings (SSSR count). The van der Waals surface area contributed by atoms with Crippen LogP contribution in [0.15, 0.2) is 48.5 Å². The van der Waals surface area contributed by atoms with Gasteiger partial charge in [0.15, 0.2) is 6.61 Å². The van der Waals surface area contributed by atoms with Gasteiger partial charge in [0.2, 0.25) is 6.29 Å². The first-order valence-corrected chi connectivity index (χ1v) is 8.91. The van der Waals surface area contributed by atoms with Gasteiger partial charge in [0.25, 0.3) is 0 Å². The van der Waals surface area contributed by atoms with E-state index in [9.17, 15) is 25.2 Å². The number of carbonyl (C=O) groups is 1. The van der Waals surface area contributed by atoms with Gasteiger partial charge >= 0.3 is 5.97 Å². The monoisotopic (exact) mass is 406 g/mol. The van der Waals surface area contributed by atoms with E-state index in [1.807, 2.05) is 6.07 Å². The van der Waals surface area contributed by atoms with E-state index in [2.05, 4.69) is 0 Å². The number of hydrogen-bond donors (Lipinski definition) is 5. The van der Waals surface area contributed by atoms with Crippen molar-refractivity contribution >= 4 is 5.97 Å². The minimum atomic E-state index is -1.52. The molecule has 1 aliphatic rings.